The summed E-state index contributed by atoms with van der Waals surface area (Å²) in [5, 5.41) is 4.65. The quantitative estimate of drug-likeness (QED) is 0.643. The van der Waals surface area contributed by atoms with Gasteiger partial charge in [-0.2, -0.15) is 5.10 Å². The van der Waals surface area contributed by atoms with Crippen molar-refractivity contribution < 1.29 is 9.18 Å². The van der Waals surface area contributed by atoms with Crippen LogP contribution in [-0.2, 0) is 19.6 Å². The number of anilines is 1. The predicted molar refractivity (Wildman–Crippen MR) is 107 cm³/mol. The summed E-state index contributed by atoms with van der Waals surface area (Å²) in [6.07, 6.45) is 5.21. The minimum Gasteiger partial charge on any atom is -0.345 e. The Morgan fingerprint density at radius 1 is 1.14 bits per heavy atom. The number of fused-ring (bicyclic) bond motifs is 1. The predicted octanol–water partition coefficient (Wildman–Crippen LogP) is 2.86. The summed E-state index contributed by atoms with van der Waals surface area (Å²) in [6, 6.07) is 6.45. The van der Waals surface area contributed by atoms with Gasteiger partial charge < -0.3 is 9.80 Å². The van der Waals surface area contributed by atoms with Crippen LogP contribution in [0.4, 0.5) is 10.2 Å². The highest BCUT2D eigenvalue weighted by Crippen LogP contribution is 2.26. The summed E-state index contributed by atoms with van der Waals surface area (Å²) in [5.74, 6) is 0.326. The summed E-state index contributed by atoms with van der Waals surface area (Å²) in [7, 11) is 0. The minimum absolute atomic E-state index is 0.106. The van der Waals surface area contributed by atoms with Gasteiger partial charge in [0.05, 0.1) is 31.2 Å². The first-order chi connectivity index (χ1) is 14.1. The molecule has 0 unspecified atom stereocenters. The first-order valence-corrected chi connectivity index (χ1v) is 9.73. The van der Waals surface area contributed by atoms with Crippen LogP contribution in [0.5, 0.6) is 0 Å². The van der Waals surface area contributed by atoms with E-state index in [1.165, 1.54) is 18.3 Å². The van der Waals surface area contributed by atoms with Gasteiger partial charge in [0, 0.05) is 31.4 Å². The summed E-state index contributed by atoms with van der Waals surface area (Å²) < 4.78 is 14.9. The molecule has 3 aromatic rings. The van der Waals surface area contributed by atoms with Crippen molar-refractivity contribution >= 4 is 11.7 Å². The van der Waals surface area contributed by atoms with E-state index >= 15 is 0 Å². The highest BCUT2D eigenvalue weighted by Gasteiger charge is 2.25. The van der Waals surface area contributed by atoms with Gasteiger partial charge in [0.25, 0.3) is 5.91 Å². The molecule has 0 saturated carbocycles. The van der Waals surface area contributed by atoms with Crippen molar-refractivity contribution in [1.29, 1.82) is 0 Å². The molecule has 0 aliphatic carbocycles. The Morgan fingerprint density at radius 2 is 1.90 bits per heavy atom. The van der Waals surface area contributed by atoms with Crippen LogP contribution in [0.25, 0.3) is 0 Å². The highest BCUT2D eigenvalue weighted by molar-refractivity contribution is 5.92. The number of carbonyl (C=O) groups is 1. The zero-order chi connectivity index (χ0) is 20.4. The minimum atomic E-state index is -0.241. The Morgan fingerprint density at radius 3 is 2.59 bits per heavy atom. The standard InChI is InChI=1S/C21H23FN6O/c1-3-26(4-2)21(29)18-9-23-10-20(24-18)27-12-16-13-28(25-19(16)14-27)11-15-5-7-17(22)8-6-15/h5-10,13H,3-4,11-12,14H2,1-2H3. The fraction of sp³-hybridized carbons (Fsp3) is 0.333. The van der Waals surface area contributed by atoms with Crippen LogP contribution in [0.1, 0.15) is 41.2 Å². The Labute approximate surface area is 168 Å². The molecule has 1 aliphatic rings. The maximum Gasteiger partial charge on any atom is 0.274 e. The van der Waals surface area contributed by atoms with Crippen LogP contribution in [0.2, 0.25) is 0 Å². The van der Waals surface area contributed by atoms with Crippen molar-refractivity contribution in [1.82, 2.24) is 24.6 Å². The van der Waals surface area contributed by atoms with Crippen LogP contribution >= 0.6 is 0 Å². The monoisotopic (exact) mass is 394 g/mol. The van der Waals surface area contributed by atoms with E-state index in [0.717, 1.165) is 16.8 Å². The van der Waals surface area contributed by atoms with E-state index in [1.54, 1.807) is 23.2 Å². The van der Waals surface area contributed by atoms with Crippen molar-refractivity contribution in [2.24, 2.45) is 0 Å². The lowest BCUT2D eigenvalue weighted by molar-refractivity contribution is 0.0766. The third-order valence-corrected chi connectivity index (χ3v) is 5.10. The number of carbonyl (C=O) groups excluding carboxylic acids is 1. The van der Waals surface area contributed by atoms with Gasteiger partial charge in [-0.05, 0) is 31.5 Å². The summed E-state index contributed by atoms with van der Waals surface area (Å²) in [5.41, 5.74) is 3.46. The van der Waals surface area contributed by atoms with Gasteiger partial charge >= 0.3 is 0 Å². The molecule has 0 saturated heterocycles. The molecule has 0 atom stereocenters. The van der Waals surface area contributed by atoms with E-state index in [-0.39, 0.29) is 11.7 Å². The number of halogens is 1. The second-order valence-corrected chi connectivity index (χ2v) is 7.02. The van der Waals surface area contributed by atoms with Crippen molar-refractivity contribution in [3.63, 3.8) is 0 Å². The molecule has 29 heavy (non-hydrogen) atoms. The lowest BCUT2D eigenvalue weighted by atomic mass is 10.2. The number of hydrogen-bond acceptors (Lipinski definition) is 5. The first kappa shape index (κ1) is 19.0. The third kappa shape index (κ3) is 3.96. The Hall–Kier alpha value is -3.29. The normalized spacial score (nSPS) is 12.9. The van der Waals surface area contributed by atoms with Crippen molar-refractivity contribution in [2.45, 2.75) is 33.5 Å². The SMILES string of the molecule is CCN(CC)C(=O)c1cncc(N2Cc3cn(Cc4ccc(F)cc4)nc3C2)n1. The Balaban J connectivity index is 1.46. The van der Waals surface area contributed by atoms with E-state index in [9.17, 15) is 9.18 Å². The van der Waals surface area contributed by atoms with Crippen LogP contribution in [0, 0.1) is 5.82 Å². The molecule has 0 bridgehead atoms. The largest absolute Gasteiger partial charge is 0.345 e. The molecule has 7 nitrogen and oxygen atoms in total. The van der Waals surface area contributed by atoms with Crippen molar-refractivity contribution in [3.05, 3.63) is 71.2 Å². The number of aromatic nitrogens is 4. The molecule has 0 fully saturated rings. The molecular formula is C21H23FN6O. The molecule has 0 N–H and O–H groups in total. The third-order valence-electron chi connectivity index (χ3n) is 5.10. The van der Waals surface area contributed by atoms with Gasteiger partial charge in [-0.3, -0.25) is 14.5 Å². The second-order valence-electron chi connectivity index (χ2n) is 7.02. The molecule has 3 heterocycles. The molecule has 8 heteroatoms. The average molecular weight is 394 g/mol. The fourth-order valence-corrected chi connectivity index (χ4v) is 3.51. The molecule has 2 aromatic heterocycles. The van der Waals surface area contributed by atoms with Gasteiger partial charge in [0.15, 0.2) is 0 Å². The number of benzene rings is 1. The lowest BCUT2D eigenvalue weighted by Gasteiger charge is -2.20. The maximum absolute atomic E-state index is 13.1. The molecule has 0 spiro atoms. The van der Waals surface area contributed by atoms with E-state index in [1.807, 2.05) is 24.7 Å². The van der Waals surface area contributed by atoms with Crippen LogP contribution in [-0.4, -0.2) is 43.6 Å². The number of hydrogen-bond donors (Lipinski definition) is 0. The number of rotatable bonds is 6. The molecule has 1 amide bonds. The Kier molecular flexibility index (Phi) is 5.24. The van der Waals surface area contributed by atoms with Gasteiger partial charge in [-0.15, -0.1) is 0 Å². The van der Waals surface area contributed by atoms with Gasteiger partial charge in [0.2, 0.25) is 0 Å². The van der Waals surface area contributed by atoms with E-state index < -0.39 is 0 Å². The van der Waals surface area contributed by atoms with Gasteiger partial charge in [0.1, 0.15) is 17.3 Å². The van der Waals surface area contributed by atoms with Crippen LogP contribution in [0.3, 0.4) is 0 Å². The molecule has 150 valence electrons. The van der Waals surface area contributed by atoms with E-state index in [4.69, 9.17) is 0 Å². The maximum atomic E-state index is 13.1. The molecular weight excluding hydrogens is 371 g/mol. The smallest absolute Gasteiger partial charge is 0.274 e. The number of nitrogens with zero attached hydrogens (tertiary/aromatic N) is 6. The molecule has 1 aromatic carbocycles. The van der Waals surface area contributed by atoms with Crippen LogP contribution < -0.4 is 4.90 Å². The lowest BCUT2D eigenvalue weighted by Crippen LogP contribution is -2.31. The second kappa shape index (κ2) is 7.98. The zero-order valence-electron chi connectivity index (χ0n) is 16.5. The first-order valence-electron chi connectivity index (χ1n) is 9.73. The van der Waals surface area contributed by atoms with Crippen molar-refractivity contribution in [2.75, 3.05) is 18.0 Å². The average Bonchev–Trinajstić information content (AvgIpc) is 3.29. The van der Waals surface area contributed by atoms with Crippen LogP contribution in [0.15, 0.2) is 42.9 Å². The summed E-state index contributed by atoms with van der Waals surface area (Å²) in [4.78, 5) is 25.1. The van der Waals surface area contributed by atoms with Gasteiger partial charge in [-0.1, -0.05) is 12.1 Å². The summed E-state index contributed by atoms with van der Waals surface area (Å²) >= 11 is 0. The zero-order valence-corrected chi connectivity index (χ0v) is 16.5. The van der Waals surface area contributed by atoms with E-state index in [2.05, 4.69) is 20.0 Å². The Bertz CT molecular complexity index is 989. The summed E-state index contributed by atoms with van der Waals surface area (Å²) in [6.45, 7) is 7.04. The van der Waals surface area contributed by atoms with E-state index in [0.29, 0.717) is 44.2 Å². The molecule has 1 aliphatic heterocycles. The van der Waals surface area contributed by atoms with Gasteiger partial charge in [-0.25, -0.2) is 9.37 Å². The number of amides is 1. The molecule has 4 rings (SSSR count). The molecule has 0 radical (unpaired) electrons. The topological polar surface area (TPSA) is 67.2 Å². The van der Waals surface area contributed by atoms with Crippen molar-refractivity contribution in [3.8, 4) is 0 Å². The fourth-order valence-electron chi connectivity index (χ4n) is 3.51. The highest BCUT2D eigenvalue weighted by atomic mass is 19.1.